The number of benzene rings is 2. The minimum atomic E-state index is -4.43. The summed E-state index contributed by atoms with van der Waals surface area (Å²) in [5, 5.41) is 0.532. The molecule has 0 saturated carbocycles. The van der Waals surface area contributed by atoms with Crippen molar-refractivity contribution in [3.8, 4) is 0 Å². The van der Waals surface area contributed by atoms with Gasteiger partial charge in [-0.3, -0.25) is 9.78 Å². The van der Waals surface area contributed by atoms with Crippen LogP contribution in [0.5, 0.6) is 0 Å². The van der Waals surface area contributed by atoms with E-state index in [0.29, 0.717) is 16.5 Å². The molecule has 1 aromatic heterocycles. The number of halogens is 4. The average Bonchev–Trinajstić information content (AvgIpc) is 2.95. The van der Waals surface area contributed by atoms with Crippen molar-refractivity contribution in [1.29, 1.82) is 0 Å². The molecule has 5 nitrogen and oxygen atoms in total. The molecule has 0 N–H and O–H groups in total. The van der Waals surface area contributed by atoms with E-state index >= 15 is 0 Å². The minimum Gasteiger partial charge on any atom is -0.310 e. The van der Waals surface area contributed by atoms with E-state index < -0.39 is 23.3 Å². The highest BCUT2D eigenvalue weighted by Crippen LogP contribution is 2.37. The number of hydrogen-bond acceptors (Lipinski definition) is 4. The van der Waals surface area contributed by atoms with Crippen molar-refractivity contribution in [3.63, 3.8) is 0 Å². The van der Waals surface area contributed by atoms with Gasteiger partial charge in [-0.25, -0.2) is 14.1 Å². The van der Waals surface area contributed by atoms with Crippen molar-refractivity contribution in [2.75, 3.05) is 11.4 Å². The molecule has 3 aromatic rings. The maximum absolute atomic E-state index is 13.6. The van der Waals surface area contributed by atoms with E-state index in [-0.39, 0.29) is 35.4 Å². The van der Waals surface area contributed by atoms with E-state index in [2.05, 4.69) is 4.98 Å². The first-order valence-electron chi connectivity index (χ1n) is 8.72. The molecule has 1 aliphatic heterocycles. The molecule has 0 radical (unpaired) electrons. The smallest absolute Gasteiger partial charge is 0.310 e. The minimum absolute atomic E-state index is 0.0486. The highest BCUT2D eigenvalue weighted by molar-refractivity contribution is 8.00. The number of thioether (sulfide) groups is 1. The lowest BCUT2D eigenvalue weighted by molar-refractivity contribution is -0.116. The predicted octanol–water partition coefficient (Wildman–Crippen LogP) is 4.95. The Kier molecular flexibility index (Phi) is 5.10. The quantitative estimate of drug-likeness (QED) is 0.330. The van der Waals surface area contributed by atoms with Crippen molar-refractivity contribution in [2.45, 2.75) is 16.9 Å². The number of amides is 3. The zero-order chi connectivity index (χ0) is 21.5. The van der Waals surface area contributed by atoms with Crippen LogP contribution in [-0.4, -0.2) is 33.9 Å². The Hall–Kier alpha value is -3.14. The van der Waals surface area contributed by atoms with E-state index in [1.807, 2.05) is 0 Å². The lowest BCUT2D eigenvalue weighted by Gasteiger charge is -2.18. The molecule has 1 saturated heterocycles. The molecule has 3 amide bonds. The summed E-state index contributed by atoms with van der Waals surface area (Å²) in [6.07, 6.45) is 1.53. The molecule has 0 aliphatic carbocycles. The van der Waals surface area contributed by atoms with Gasteiger partial charge in [0.05, 0.1) is 11.2 Å². The highest BCUT2D eigenvalue weighted by atomic mass is 32.2. The third kappa shape index (κ3) is 4.09. The molecule has 0 atom stereocenters. The number of imide groups is 1. The normalized spacial score (nSPS) is 14.8. The van der Waals surface area contributed by atoms with Crippen molar-refractivity contribution in [3.05, 3.63) is 66.1 Å². The van der Waals surface area contributed by atoms with Crippen LogP contribution < -0.4 is 4.90 Å². The first kappa shape index (κ1) is 20.1. The molecule has 2 aromatic carbocycles. The molecular weight excluding hydrogens is 422 g/mol. The third-order valence-corrected chi connectivity index (χ3v) is 5.26. The molecule has 1 aliphatic rings. The van der Waals surface area contributed by atoms with Gasteiger partial charge in [0, 0.05) is 23.0 Å². The summed E-state index contributed by atoms with van der Waals surface area (Å²) in [7, 11) is 0. The number of aromatic nitrogens is 1. The van der Waals surface area contributed by atoms with Gasteiger partial charge in [-0.2, -0.15) is 13.2 Å². The topological polar surface area (TPSA) is 53.5 Å². The molecular formula is C20H13F4N3O2S. The maximum atomic E-state index is 13.6. The Labute approximate surface area is 172 Å². The fourth-order valence-electron chi connectivity index (χ4n) is 3.24. The van der Waals surface area contributed by atoms with Gasteiger partial charge in [0.2, 0.25) is 0 Å². The van der Waals surface area contributed by atoms with E-state index in [1.54, 1.807) is 6.07 Å². The highest BCUT2D eigenvalue weighted by Gasteiger charge is 2.37. The number of nitrogens with zero attached hydrogens (tertiary/aromatic N) is 3. The molecule has 30 heavy (non-hydrogen) atoms. The zero-order valence-corrected chi connectivity index (χ0v) is 16.0. The molecule has 2 heterocycles. The van der Waals surface area contributed by atoms with Crippen LogP contribution in [0.1, 0.15) is 5.56 Å². The second kappa shape index (κ2) is 7.60. The summed E-state index contributed by atoms with van der Waals surface area (Å²) < 4.78 is 51.1. The van der Waals surface area contributed by atoms with Crippen LogP contribution in [0.2, 0.25) is 0 Å². The molecule has 4 rings (SSSR count). The number of anilines is 1. The van der Waals surface area contributed by atoms with Crippen LogP contribution in [0.15, 0.2) is 59.6 Å². The van der Waals surface area contributed by atoms with Gasteiger partial charge in [-0.05, 0) is 65.9 Å². The number of alkyl halides is 3. The van der Waals surface area contributed by atoms with Gasteiger partial charge in [0.25, 0.3) is 5.91 Å². The monoisotopic (exact) mass is 435 g/mol. The second-order valence-electron chi connectivity index (χ2n) is 6.54. The zero-order valence-electron chi connectivity index (χ0n) is 15.2. The van der Waals surface area contributed by atoms with E-state index in [4.69, 9.17) is 0 Å². The molecule has 0 spiro atoms. The van der Waals surface area contributed by atoms with Crippen LogP contribution in [-0.2, 0) is 11.3 Å². The van der Waals surface area contributed by atoms with Crippen molar-refractivity contribution in [1.82, 2.24) is 9.88 Å². The summed E-state index contributed by atoms with van der Waals surface area (Å²) in [6.45, 7) is -0.136. The Balaban J connectivity index is 1.56. The number of pyridine rings is 1. The van der Waals surface area contributed by atoms with Crippen molar-refractivity contribution >= 4 is 40.3 Å². The standard InChI is InChI=1S/C20H13F4N3O2S/c21-13-1-6-17-16(9-13)12(7-8-25-17)10-26-11-18(28)27(19(26)29)14-2-4-15(5-3-14)30-20(22,23)24/h1-9H,10-11H2. The van der Waals surface area contributed by atoms with Gasteiger partial charge >= 0.3 is 11.5 Å². The predicted molar refractivity (Wildman–Crippen MR) is 103 cm³/mol. The Morgan fingerprint density at radius 2 is 1.77 bits per heavy atom. The summed E-state index contributed by atoms with van der Waals surface area (Å²) in [6, 6.07) is 10.2. The Bertz CT molecular complexity index is 1140. The third-order valence-electron chi connectivity index (χ3n) is 4.52. The van der Waals surface area contributed by atoms with Gasteiger partial charge in [0.1, 0.15) is 12.4 Å². The largest absolute Gasteiger partial charge is 0.446 e. The average molecular weight is 435 g/mol. The number of hydrogen-bond donors (Lipinski definition) is 0. The van der Waals surface area contributed by atoms with Crippen LogP contribution in [0.4, 0.5) is 28.0 Å². The number of carbonyl (C=O) groups excluding carboxylic acids is 2. The van der Waals surface area contributed by atoms with E-state index in [1.165, 1.54) is 53.6 Å². The van der Waals surface area contributed by atoms with Crippen LogP contribution in [0.25, 0.3) is 10.9 Å². The SMILES string of the molecule is O=C1CN(Cc2ccnc3ccc(F)cc23)C(=O)N1c1ccc(SC(F)(F)F)cc1. The Morgan fingerprint density at radius 1 is 1.03 bits per heavy atom. The second-order valence-corrected chi connectivity index (χ2v) is 7.68. The summed E-state index contributed by atoms with van der Waals surface area (Å²) in [4.78, 5) is 31.5. The van der Waals surface area contributed by atoms with Gasteiger partial charge in [-0.15, -0.1) is 0 Å². The first-order valence-corrected chi connectivity index (χ1v) is 9.54. The van der Waals surface area contributed by atoms with Crippen LogP contribution >= 0.6 is 11.8 Å². The summed E-state index contributed by atoms with van der Waals surface area (Å²) >= 11 is -0.277. The van der Waals surface area contributed by atoms with Crippen molar-refractivity contribution in [2.24, 2.45) is 0 Å². The molecule has 0 bridgehead atoms. The lowest BCUT2D eigenvalue weighted by Crippen LogP contribution is -2.32. The molecule has 1 fully saturated rings. The van der Waals surface area contributed by atoms with E-state index in [0.717, 1.165) is 4.90 Å². The fourth-order valence-corrected chi connectivity index (χ4v) is 3.78. The molecule has 10 heteroatoms. The van der Waals surface area contributed by atoms with Crippen LogP contribution in [0, 0.1) is 5.82 Å². The summed E-state index contributed by atoms with van der Waals surface area (Å²) in [5.41, 5.74) is -3.06. The number of rotatable bonds is 4. The van der Waals surface area contributed by atoms with Gasteiger partial charge in [0.15, 0.2) is 0 Å². The number of fused-ring (bicyclic) bond motifs is 1. The maximum Gasteiger partial charge on any atom is 0.446 e. The Morgan fingerprint density at radius 3 is 2.47 bits per heavy atom. The van der Waals surface area contributed by atoms with Gasteiger partial charge in [-0.1, -0.05) is 0 Å². The van der Waals surface area contributed by atoms with Gasteiger partial charge < -0.3 is 4.90 Å². The number of carbonyl (C=O) groups is 2. The first-order chi connectivity index (χ1) is 14.2. The number of urea groups is 1. The fraction of sp³-hybridized carbons (Fsp3) is 0.150. The lowest BCUT2D eigenvalue weighted by atomic mass is 10.1. The molecule has 0 unspecified atom stereocenters. The molecule has 154 valence electrons. The van der Waals surface area contributed by atoms with E-state index in [9.17, 15) is 27.2 Å². The van der Waals surface area contributed by atoms with Crippen molar-refractivity contribution < 1.29 is 27.2 Å². The summed E-state index contributed by atoms with van der Waals surface area (Å²) in [5.74, 6) is -0.945. The van der Waals surface area contributed by atoms with Crippen LogP contribution in [0.3, 0.4) is 0 Å².